The van der Waals surface area contributed by atoms with Crippen LogP contribution in [0.3, 0.4) is 0 Å². The Morgan fingerprint density at radius 1 is 1.13 bits per heavy atom. The number of fused-ring (bicyclic) bond motifs is 1. The number of benzene rings is 1. The third-order valence-electron chi connectivity index (χ3n) is 7.30. The summed E-state index contributed by atoms with van der Waals surface area (Å²) in [7, 11) is 1.59. The van der Waals surface area contributed by atoms with Gasteiger partial charge in [-0.3, -0.25) is 4.79 Å². The molecule has 2 aliphatic rings. The Hall–Kier alpha value is -4.05. The van der Waals surface area contributed by atoms with Gasteiger partial charge in [-0.15, -0.1) is 5.10 Å². The number of aromatic nitrogens is 6. The summed E-state index contributed by atoms with van der Waals surface area (Å²) < 4.78 is 15.1. The lowest BCUT2D eigenvalue weighted by Crippen LogP contribution is -2.25. The number of carbonyl (C=O) groups is 1. The Balaban J connectivity index is 1.26. The number of nitrogens with zero attached hydrogens (tertiary/aromatic N) is 6. The molecule has 0 bridgehead atoms. The van der Waals surface area contributed by atoms with Gasteiger partial charge >= 0.3 is 0 Å². The second-order valence-corrected chi connectivity index (χ2v) is 9.94. The second-order valence-electron chi connectivity index (χ2n) is 9.94. The lowest BCUT2D eigenvalue weighted by Gasteiger charge is -2.24. The normalized spacial score (nSPS) is 17.7. The number of amides is 1. The minimum absolute atomic E-state index is 0.102. The molecular weight excluding hydrogens is 482 g/mol. The van der Waals surface area contributed by atoms with E-state index < -0.39 is 0 Å². The zero-order valence-electron chi connectivity index (χ0n) is 21.6. The molecule has 6 rings (SSSR count). The Labute approximate surface area is 221 Å². The molecule has 4 aromatic rings. The molecule has 1 aromatic carbocycles. The fourth-order valence-electron chi connectivity index (χ4n) is 5.29. The standard InChI is InChI=1S/C28H31N7O3/c1-18-14-34(16-29-18)24-12-11-23(31-28(24)37-2)25-32-26-22(15-38-17-35(26)33-25)20-9-6-10-21(13-20)30-27(36)19-7-4-3-5-8-19/h6,9-14,16,19,22H,3-5,7-8,15,17H2,1-2H3,(H,30,36). The predicted octanol–water partition coefficient (Wildman–Crippen LogP) is 4.48. The molecule has 3 aromatic heterocycles. The van der Waals surface area contributed by atoms with Crippen LogP contribution in [0.1, 0.15) is 55.1 Å². The van der Waals surface area contributed by atoms with Crippen molar-refractivity contribution in [3.8, 4) is 23.1 Å². The number of ether oxygens (including phenoxy) is 2. The second kappa shape index (κ2) is 10.4. The van der Waals surface area contributed by atoms with Crippen molar-refractivity contribution in [1.29, 1.82) is 0 Å². The average Bonchev–Trinajstić information content (AvgIpc) is 3.59. The maximum Gasteiger partial charge on any atom is 0.238 e. The molecule has 10 nitrogen and oxygen atoms in total. The molecule has 1 amide bonds. The fourth-order valence-corrected chi connectivity index (χ4v) is 5.29. The summed E-state index contributed by atoms with van der Waals surface area (Å²) in [6.07, 6.45) is 9.06. The van der Waals surface area contributed by atoms with Crippen molar-refractivity contribution in [2.45, 2.75) is 51.7 Å². The summed E-state index contributed by atoms with van der Waals surface area (Å²) in [5, 5.41) is 7.81. The van der Waals surface area contributed by atoms with Gasteiger partial charge in [0.2, 0.25) is 11.8 Å². The first kappa shape index (κ1) is 24.3. The number of nitrogens with one attached hydrogen (secondary N) is 1. The van der Waals surface area contributed by atoms with Crippen molar-refractivity contribution in [3.63, 3.8) is 0 Å². The largest absolute Gasteiger partial charge is 0.479 e. The Bertz CT molecular complexity index is 1450. The van der Waals surface area contributed by atoms with E-state index >= 15 is 0 Å². The number of pyridine rings is 1. The number of aryl methyl sites for hydroxylation is 1. The van der Waals surface area contributed by atoms with Crippen LogP contribution in [-0.2, 0) is 16.3 Å². The van der Waals surface area contributed by atoms with E-state index in [2.05, 4.69) is 20.4 Å². The van der Waals surface area contributed by atoms with Gasteiger partial charge in [-0.05, 0) is 49.6 Å². The third-order valence-corrected chi connectivity index (χ3v) is 7.30. The number of rotatable bonds is 6. The van der Waals surface area contributed by atoms with Gasteiger partial charge in [0.15, 0.2) is 5.82 Å². The van der Waals surface area contributed by atoms with Gasteiger partial charge in [-0.25, -0.2) is 19.6 Å². The molecule has 0 saturated heterocycles. The molecule has 1 atom stereocenters. The molecule has 4 heterocycles. The minimum atomic E-state index is -0.119. The highest BCUT2D eigenvalue weighted by Gasteiger charge is 2.28. The summed E-state index contributed by atoms with van der Waals surface area (Å²) in [4.78, 5) is 26.6. The molecule has 1 aliphatic heterocycles. The van der Waals surface area contributed by atoms with Crippen LogP contribution in [0.5, 0.6) is 5.88 Å². The quantitative estimate of drug-likeness (QED) is 0.405. The number of hydrogen-bond donors (Lipinski definition) is 1. The number of hydrogen-bond acceptors (Lipinski definition) is 7. The van der Waals surface area contributed by atoms with Crippen molar-refractivity contribution >= 4 is 11.6 Å². The Morgan fingerprint density at radius 3 is 2.79 bits per heavy atom. The summed E-state index contributed by atoms with van der Waals surface area (Å²) in [5.41, 5.74) is 4.11. The lowest BCUT2D eigenvalue weighted by molar-refractivity contribution is -0.120. The monoisotopic (exact) mass is 513 g/mol. The molecule has 38 heavy (non-hydrogen) atoms. The van der Waals surface area contributed by atoms with Crippen molar-refractivity contribution in [2.24, 2.45) is 5.92 Å². The Kier molecular flexibility index (Phi) is 6.63. The zero-order chi connectivity index (χ0) is 26.1. The molecule has 1 aliphatic carbocycles. The van der Waals surface area contributed by atoms with E-state index in [1.807, 2.05) is 54.1 Å². The van der Waals surface area contributed by atoms with E-state index in [1.165, 1.54) is 6.42 Å². The van der Waals surface area contributed by atoms with Crippen LogP contribution in [-0.4, -0.2) is 48.9 Å². The van der Waals surface area contributed by atoms with Crippen LogP contribution in [0.25, 0.3) is 17.2 Å². The zero-order valence-corrected chi connectivity index (χ0v) is 21.6. The number of imidazole rings is 1. The van der Waals surface area contributed by atoms with Crippen LogP contribution in [0.15, 0.2) is 48.9 Å². The fraction of sp³-hybridized carbons (Fsp3) is 0.393. The number of methoxy groups -OCH3 is 1. The van der Waals surface area contributed by atoms with Gasteiger partial charge in [0.25, 0.3) is 0 Å². The van der Waals surface area contributed by atoms with Crippen LogP contribution in [0.4, 0.5) is 5.69 Å². The summed E-state index contributed by atoms with van der Waals surface area (Å²) in [5.74, 6) is 1.86. The molecule has 10 heteroatoms. The van der Waals surface area contributed by atoms with E-state index in [9.17, 15) is 4.79 Å². The highest BCUT2D eigenvalue weighted by Crippen LogP contribution is 2.32. The number of carbonyl (C=O) groups excluding carboxylic acids is 1. The van der Waals surface area contributed by atoms with Crippen LogP contribution in [0.2, 0.25) is 0 Å². The Morgan fingerprint density at radius 2 is 2.00 bits per heavy atom. The van der Waals surface area contributed by atoms with Crippen molar-refractivity contribution in [3.05, 3.63) is 66.0 Å². The van der Waals surface area contributed by atoms with Crippen molar-refractivity contribution in [2.75, 3.05) is 19.0 Å². The molecule has 1 fully saturated rings. The highest BCUT2D eigenvalue weighted by atomic mass is 16.5. The summed E-state index contributed by atoms with van der Waals surface area (Å²) >= 11 is 0. The molecule has 0 radical (unpaired) electrons. The molecule has 0 spiro atoms. The van der Waals surface area contributed by atoms with E-state index in [4.69, 9.17) is 14.5 Å². The van der Waals surface area contributed by atoms with Crippen molar-refractivity contribution in [1.82, 2.24) is 29.3 Å². The van der Waals surface area contributed by atoms with Gasteiger partial charge in [0.1, 0.15) is 23.9 Å². The maximum atomic E-state index is 12.8. The molecule has 1 unspecified atom stereocenters. The topological polar surface area (TPSA) is 109 Å². The lowest BCUT2D eigenvalue weighted by atomic mass is 9.88. The number of anilines is 1. The average molecular weight is 514 g/mol. The van der Waals surface area contributed by atoms with E-state index in [0.29, 0.717) is 30.7 Å². The van der Waals surface area contributed by atoms with Gasteiger partial charge in [-0.2, -0.15) is 0 Å². The first-order chi connectivity index (χ1) is 18.6. The SMILES string of the molecule is COc1nc(-c2nc3n(n2)COCC3c2cccc(NC(=O)C3CCCCC3)c2)ccc1-n1cnc(C)c1. The van der Waals surface area contributed by atoms with Crippen molar-refractivity contribution < 1.29 is 14.3 Å². The van der Waals surface area contributed by atoms with E-state index in [-0.39, 0.29) is 17.7 Å². The van der Waals surface area contributed by atoms with Gasteiger partial charge in [0, 0.05) is 17.8 Å². The summed E-state index contributed by atoms with van der Waals surface area (Å²) in [6.45, 7) is 2.73. The smallest absolute Gasteiger partial charge is 0.238 e. The predicted molar refractivity (Wildman–Crippen MR) is 141 cm³/mol. The first-order valence-electron chi connectivity index (χ1n) is 13.1. The molecular formula is C28H31N7O3. The third kappa shape index (κ3) is 4.79. The van der Waals surface area contributed by atoms with Crippen LogP contribution < -0.4 is 10.1 Å². The van der Waals surface area contributed by atoms with Gasteiger partial charge < -0.3 is 19.4 Å². The first-order valence-corrected chi connectivity index (χ1v) is 13.1. The minimum Gasteiger partial charge on any atom is -0.479 e. The molecule has 1 N–H and O–H groups in total. The maximum absolute atomic E-state index is 12.8. The van der Waals surface area contributed by atoms with Gasteiger partial charge in [-0.1, -0.05) is 31.4 Å². The van der Waals surface area contributed by atoms with Gasteiger partial charge in [0.05, 0.1) is 31.7 Å². The van der Waals surface area contributed by atoms with E-state index in [0.717, 1.165) is 54.1 Å². The summed E-state index contributed by atoms with van der Waals surface area (Å²) in [6, 6.07) is 11.8. The molecule has 1 saturated carbocycles. The van der Waals surface area contributed by atoms with Crippen LogP contribution in [0, 0.1) is 12.8 Å². The van der Waals surface area contributed by atoms with E-state index in [1.54, 1.807) is 18.1 Å². The van der Waals surface area contributed by atoms with Crippen LogP contribution >= 0.6 is 0 Å². The highest BCUT2D eigenvalue weighted by molar-refractivity contribution is 5.92. The molecule has 196 valence electrons.